The average Bonchev–Trinajstić information content (AvgIpc) is 2.55. The van der Waals surface area contributed by atoms with E-state index in [9.17, 15) is 4.79 Å². The molecule has 0 unspecified atom stereocenters. The van der Waals surface area contributed by atoms with Gasteiger partial charge < -0.3 is 20.1 Å². The van der Waals surface area contributed by atoms with Gasteiger partial charge in [-0.15, -0.1) is 0 Å². The van der Waals surface area contributed by atoms with Gasteiger partial charge in [-0.2, -0.15) is 0 Å². The Labute approximate surface area is 140 Å². The zero-order valence-electron chi connectivity index (χ0n) is 13.1. The van der Waals surface area contributed by atoms with Crippen molar-refractivity contribution < 1.29 is 14.3 Å². The van der Waals surface area contributed by atoms with Crippen LogP contribution in [0.5, 0.6) is 11.5 Å². The largest absolute Gasteiger partial charge is 0.497 e. The number of halogens is 1. The number of amides is 2. The molecule has 6 heteroatoms. The van der Waals surface area contributed by atoms with Crippen molar-refractivity contribution in [2.45, 2.75) is 6.92 Å². The molecule has 0 saturated carbocycles. The number of ether oxygens (including phenoxy) is 2. The van der Waals surface area contributed by atoms with Crippen molar-refractivity contribution >= 4 is 23.3 Å². The van der Waals surface area contributed by atoms with E-state index < -0.39 is 0 Å². The SMILES string of the molecule is COc1cccc(OCCNC(=O)Nc2cc(Cl)ccc2C)c1. The second-order valence-corrected chi connectivity index (χ2v) is 5.30. The van der Waals surface area contributed by atoms with Crippen LogP contribution in [0.25, 0.3) is 0 Å². The Hall–Kier alpha value is -2.40. The van der Waals surface area contributed by atoms with Crippen LogP contribution in [-0.4, -0.2) is 26.3 Å². The molecule has 0 aliphatic carbocycles. The number of benzene rings is 2. The molecule has 5 nitrogen and oxygen atoms in total. The Morgan fingerprint density at radius 1 is 1.17 bits per heavy atom. The molecule has 2 amide bonds. The van der Waals surface area contributed by atoms with E-state index in [1.807, 2.05) is 31.2 Å². The summed E-state index contributed by atoms with van der Waals surface area (Å²) >= 11 is 5.92. The summed E-state index contributed by atoms with van der Waals surface area (Å²) in [5, 5.41) is 6.06. The summed E-state index contributed by atoms with van der Waals surface area (Å²) in [5.41, 5.74) is 1.63. The number of hydrogen-bond donors (Lipinski definition) is 2. The maximum absolute atomic E-state index is 11.8. The van der Waals surface area contributed by atoms with E-state index in [0.717, 1.165) is 11.3 Å². The van der Waals surface area contributed by atoms with Gasteiger partial charge in [0.25, 0.3) is 0 Å². The third-order valence-electron chi connectivity index (χ3n) is 3.15. The third-order valence-corrected chi connectivity index (χ3v) is 3.38. The molecule has 0 spiro atoms. The van der Waals surface area contributed by atoms with Crippen LogP contribution in [0.2, 0.25) is 5.02 Å². The van der Waals surface area contributed by atoms with Gasteiger partial charge in [-0.25, -0.2) is 4.79 Å². The molecule has 0 saturated heterocycles. The van der Waals surface area contributed by atoms with Crippen molar-refractivity contribution in [1.29, 1.82) is 0 Å². The molecule has 0 heterocycles. The number of urea groups is 1. The van der Waals surface area contributed by atoms with Gasteiger partial charge in [0.05, 0.1) is 13.7 Å². The van der Waals surface area contributed by atoms with E-state index in [1.165, 1.54) is 0 Å². The fourth-order valence-corrected chi connectivity index (χ4v) is 2.09. The lowest BCUT2D eigenvalue weighted by atomic mass is 10.2. The predicted octanol–water partition coefficient (Wildman–Crippen LogP) is 3.86. The van der Waals surface area contributed by atoms with Gasteiger partial charge in [0.2, 0.25) is 0 Å². The Balaban J connectivity index is 1.75. The van der Waals surface area contributed by atoms with Gasteiger partial charge in [-0.1, -0.05) is 23.7 Å². The van der Waals surface area contributed by atoms with Gasteiger partial charge in [-0.05, 0) is 36.8 Å². The van der Waals surface area contributed by atoms with Crippen molar-refractivity contribution in [2.24, 2.45) is 0 Å². The maximum atomic E-state index is 11.8. The van der Waals surface area contributed by atoms with E-state index >= 15 is 0 Å². The molecule has 0 fully saturated rings. The smallest absolute Gasteiger partial charge is 0.319 e. The Kier molecular flexibility index (Phi) is 6.11. The van der Waals surface area contributed by atoms with Crippen LogP contribution < -0.4 is 20.1 Å². The quantitative estimate of drug-likeness (QED) is 0.789. The summed E-state index contributed by atoms with van der Waals surface area (Å²) in [6, 6.07) is 12.3. The monoisotopic (exact) mass is 334 g/mol. The summed E-state index contributed by atoms with van der Waals surface area (Å²) in [6.07, 6.45) is 0. The molecule has 0 aliphatic heterocycles. The maximum Gasteiger partial charge on any atom is 0.319 e. The summed E-state index contributed by atoms with van der Waals surface area (Å²) in [6.45, 7) is 2.63. The van der Waals surface area contributed by atoms with Crippen LogP contribution >= 0.6 is 11.6 Å². The van der Waals surface area contributed by atoms with Crippen LogP contribution in [0.4, 0.5) is 10.5 Å². The van der Waals surface area contributed by atoms with Crippen molar-refractivity contribution in [3.63, 3.8) is 0 Å². The fraction of sp³-hybridized carbons (Fsp3) is 0.235. The molecule has 0 bridgehead atoms. The van der Waals surface area contributed by atoms with Gasteiger partial charge in [0.1, 0.15) is 18.1 Å². The molecule has 2 N–H and O–H groups in total. The number of aryl methyl sites for hydroxylation is 1. The average molecular weight is 335 g/mol. The number of carbonyl (C=O) groups is 1. The van der Waals surface area contributed by atoms with E-state index in [0.29, 0.717) is 29.6 Å². The van der Waals surface area contributed by atoms with Gasteiger partial charge >= 0.3 is 6.03 Å². The second kappa shape index (κ2) is 8.29. The minimum Gasteiger partial charge on any atom is -0.497 e. The van der Waals surface area contributed by atoms with Crippen LogP contribution in [0.15, 0.2) is 42.5 Å². The molecule has 2 aromatic carbocycles. The molecule has 122 valence electrons. The third kappa shape index (κ3) is 5.38. The highest BCUT2D eigenvalue weighted by atomic mass is 35.5. The molecule has 0 atom stereocenters. The first-order valence-corrected chi connectivity index (χ1v) is 7.54. The normalized spacial score (nSPS) is 10.0. The highest BCUT2D eigenvalue weighted by Crippen LogP contribution is 2.20. The highest BCUT2D eigenvalue weighted by Gasteiger charge is 2.05. The fourth-order valence-electron chi connectivity index (χ4n) is 1.92. The standard InChI is InChI=1S/C17H19ClN2O3/c1-12-6-7-13(18)10-16(12)20-17(21)19-8-9-23-15-5-3-4-14(11-15)22-2/h3-7,10-11H,8-9H2,1-2H3,(H2,19,20,21). The first-order valence-electron chi connectivity index (χ1n) is 7.16. The lowest BCUT2D eigenvalue weighted by Gasteiger charge is -2.11. The molecular formula is C17H19ClN2O3. The number of rotatable bonds is 6. The lowest BCUT2D eigenvalue weighted by molar-refractivity contribution is 0.247. The van der Waals surface area contributed by atoms with Crippen molar-refractivity contribution in [1.82, 2.24) is 5.32 Å². The van der Waals surface area contributed by atoms with Gasteiger partial charge in [0, 0.05) is 16.8 Å². The first kappa shape index (κ1) is 17.0. The number of anilines is 1. The van der Waals surface area contributed by atoms with Gasteiger partial charge in [-0.3, -0.25) is 0 Å². The predicted molar refractivity (Wildman–Crippen MR) is 91.7 cm³/mol. The molecule has 2 rings (SSSR count). The number of methoxy groups -OCH3 is 1. The number of hydrogen-bond acceptors (Lipinski definition) is 3. The summed E-state index contributed by atoms with van der Waals surface area (Å²) in [5.74, 6) is 1.42. The van der Waals surface area contributed by atoms with Crippen molar-refractivity contribution in [3.05, 3.63) is 53.1 Å². The minimum atomic E-state index is -0.301. The molecule has 0 radical (unpaired) electrons. The Bertz CT molecular complexity index is 677. The summed E-state index contributed by atoms with van der Waals surface area (Å²) in [4.78, 5) is 11.8. The minimum absolute atomic E-state index is 0.301. The Morgan fingerprint density at radius 3 is 2.74 bits per heavy atom. The van der Waals surface area contributed by atoms with Crippen molar-refractivity contribution in [3.8, 4) is 11.5 Å². The molecule has 23 heavy (non-hydrogen) atoms. The van der Waals surface area contributed by atoms with E-state index in [2.05, 4.69) is 10.6 Å². The van der Waals surface area contributed by atoms with E-state index in [-0.39, 0.29) is 6.03 Å². The number of nitrogens with one attached hydrogen (secondary N) is 2. The zero-order chi connectivity index (χ0) is 16.7. The summed E-state index contributed by atoms with van der Waals surface area (Å²) in [7, 11) is 1.60. The first-order chi connectivity index (χ1) is 11.1. The van der Waals surface area contributed by atoms with Crippen LogP contribution in [-0.2, 0) is 0 Å². The number of carbonyl (C=O) groups excluding carboxylic acids is 1. The summed E-state index contributed by atoms with van der Waals surface area (Å²) < 4.78 is 10.7. The Morgan fingerprint density at radius 2 is 1.96 bits per heavy atom. The second-order valence-electron chi connectivity index (χ2n) is 4.87. The van der Waals surface area contributed by atoms with Gasteiger partial charge in [0.15, 0.2) is 0 Å². The van der Waals surface area contributed by atoms with E-state index in [1.54, 1.807) is 25.3 Å². The molecule has 0 aromatic heterocycles. The topological polar surface area (TPSA) is 59.6 Å². The molecular weight excluding hydrogens is 316 g/mol. The lowest BCUT2D eigenvalue weighted by Crippen LogP contribution is -2.32. The molecule has 0 aliphatic rings. The van der Waals surface area contributed by atoms with Crippen LogP contribution in [0.3, 0.4) is 0 Å². The molecule has 2 aromatic rings. The highest BCUT2D eigenvalue weighted by molar-refractivity contribution is 6.31. The van der Waals surface area contributed by atoms with E-state index in [4.69, 9.17) is 21.1 Å². The zero-order valence-corrected chi connectivity index (χ0v) is 13.8. The van der Waals surface area contributed by atoms with Crippen LogP contribution in [0.1, 0.15) is 5.56 Å². The van der Waals surface area contributed by atoms with Crippen LogP contribution in [0, 0.1) is 6.92 Å². The van der Waals surface area contributed by atoms with Crippen molar-refractivity contribution in [2.75, 3.05) is 25.6 Å².